The average Bonchev–Trinajstić information content (AvgIpc) is 1.00. The Kier molecular flexibility index (Phi) is 141. The molecule has 24 valence electrons. The van der Waals surface area contributed by atoms with Crippen molar-refractivity contribution in [2.24, 2.45) is 0 Å². The Morgan fingerprint density at radius 1 is 1.25 bits per heavy atom. The van der Waals surface area contributed by atoms with Crippen LogP contribution in [0.25, 0.3) is 0 Å². The van der Waals surface area contributed by atoms with Gasteiger partial charge in [0.1, 0.15) is 6.79 Å². The Balaban J connectivity index is -0.00000000500. The van der Waals surface area contributed by atoms with Crippen molar-refractivity contribution in [1.29, 1.82) is 0 Å². The molecule has 0 spiro atoms. The zero-order chi connectivity index (χ0) is 2.00. The minimum atomic E-state index is 0. The second-order valence-electron chi connectivity index (χ2n) is 0. The second kappa shape index (κ2) is 29.8. The molecule has 0 unspecified atom stereocenters. The van der Waals surface area contributed by atoms with Gasteiger partial charge in [0, 0.05) is 0 Å². The molecular formula is CH6BaO2. The van der Waals surface area contributed by atoms with Gasteiger partial charge in [-0.05, 0) is 0 Å². The third kappa shape index (κ3) is 10.7. The molecule has 0 radical (unpaired) electrons. The second-order valence-corrected chi connectivity index (χ2v) is 0. The van der Waals surface area contributed by atoms with E-state index in [1.807, 2.05) is 6.79 Å². The average molecular weight is 187 g/mol. The molecule has 0 amide bonds. The topological polar surface area (TPSA) is 48.6 Å². The summed E-state index contributed by atoms with van der Waals surface area (Å²) >= 11 is 0. The minimum absolute atomic E-state index is 0. The monoisotopic (exact) mass is 188 g/mol. The van der Waals surface area contributed by atoms with Crippen molar-refractivity contribution in [3.8, 4) is 0 Å². The predicted octanol–water partition coefficient (Wildman–Crippen LogP) is -1.93. The third-order valence-corrected chi connectivity index (χ3v) is 0. The first-order valence-electron chi connectivity index (χ1n) is 0.289. The van der Waals surface area contributed by atoms with Crippen LogP contribution in [0.2, 0.25) is 0 Å². The summed E-state index contributed by atoms with van der Waals surface area (Å²) in [6.45, 7) is 2.00. The van der Waals surface area contributed by atoms with E-state index in [9.17, 15) is 0 Å². The van der Waals surface area contributed by atoms with Gasteiger partial charge in [0.25, 0.3) is 0 Å². The molecule has 0 saturated carbocycles. The van der Waals surface area contributed by atoms with Crippen LogP contribution in [0, 0.1) is 0 Å². The summed E-state index contributed by atoms with van der Waals surface area (Å²) in [5.74, 6) is 0. The van der Waals surface area contributed by atoms with Gasteiger partial charge in [-0.2, -0.15) is 0 Å². The number of carbonyl (C=O) groups excluding carboxylic acids is 1. The normalized spacial score (nSPS) is 1.00. The maximum atomic E-state index is 8.00. The van der Waals surface area contributed by atoms with E-state index in [2.05, 4.69) is 0 Å². The molecule has 3 heteroatoms. The van der Waals surface area contributed by atoms with Crippen molar-refractivity contribution in [2.75, 3.05) is 0 Å². The number of rotatable bonds is 0. The summed E-state index contributed by atoms with van der Waals surface area (Å²) in [4.78, 5) is 8.00. The van der Waals surface area contributed by atoms with Crippen molar-refractivity contribution in [1.82, 2.24) is 0 Å². The molecule has 0 aliphatic heterocycles. The Labute approximate surface area is 65.0 Å². The third-order valence-electron chi connectivity index (χ3n) is 0. The van der Waals surface area contributed by atoms with Gasteiger partial charge in [-0.1, -0.05) is 0 Å². The van der Waals surface area contributed by atoms with Gasteiger partial charge >= 0.3 is 48.9 Å². The summed E-state index contributed by atoms with van der Waals surface area (Å²) in [6.07, 6.45) is 0. The molecule has 0 aromatic rings. The summed E-state index contributed by atoms with van der Waals surface area (Å²) < 4.78 is 0. The molecule has 0 aliphatic carbocycles. The van der Waals surface area contributed by atoms with Gasteiger partial charge in [0.2, 0.25) is 0 Å². The first-order valence-corrected chi connectivity index (χ1v) is 0.289. The maximum absolute atomic E-state index is 8.00. The first-order chi connectivity index (χ1) is 1.00. The van der Waals surface area contributed by atoms with E-state index in [1.165, 1.54) is 0 Å². The van der Waals surface area contributed by atoms with Crippen LogP contribution in [-0.2, 0) is 4.79 Å². The van der Waals surface area contributed by atoms with E-state index < -0.39 is 0 Å². The van der Waals surface area contributed by atoms with Crippen LogP contribution in [0.3, 0.4) is 0 Å². The fourth-order valence-electron chi connectivity index (χ4n) is 0. The Morgan fingerprint density at radius 2 is 1.25 bits per heavy atom. The molecule has 0 aromatic heterocycles. The van der Waals surface area contributed by atoms with Crippen LogP contribution in [0.5, 0.6) is 0 Å². The quantitative estimate of drug-likeness (QED) is 0.408. The molecule has 0 heterocycles. The van der Waals surface area contributed by atoms with Crippen LogP contribution in [0.15, 0.2) is 0 Å². The van der Waals surface area contributed by atoms with Crippen LogP contribution >= 0.6 is 0 Å². The number of hydrogen-bond donors (Lipinski definition) is 0. The van der Waals surface area contributed by atoms with Gasteiger partial charge < -0.3 is 10.3 Å². The molecule has 0 bridgehead atoms. The van der Waals surface area contributed by atoms with E-state index in [0.29, 0.717) is 0 Å². The van der Waals surface area contributed by atoms with E-state index in [4.69, 9.17) is 4.79 Å². The predicted molar refractivity (Wildman–Crippen MR) is 19.3 cm³/mol. The summed E-state index contributed by atoms with van der Waals surface area (Å²) in [7, 11) is 0. The van der Waals surface area contributed by atoms with Crippen molar-refractivity contribution in [3.63, 3.8) is 0 Å². The van der Waals surface area contributed by atoms with Crippen LogP contribution < -0.4 is 0 Å². The fourth-order valence-corrected chi connectivity index (χ4v) is 0. The van der Waals surface area contributed by atoms with E-state index in [1.54, 1.807) is 0 Å². The molecule has 0 atom stereocenters. The van der Waals surface area contributed by atoms with Crippen molar-refractivity contribution in [3.05, 3.63) is 0 Å². The molecule has 2 nitrogen and oxygen atoms in total. The molecule has 0 aromatic carbocycles. The van der Waals surface area contributed by atoms with E-state index in [-0.39, 0.29) is 54.4 Å². The van der Waals surface area contributed by atoms with Crippen LogP contribution in [0.1, 0.15) is 0 Å². The number of hydrogen-bond acceptors (Lipinski definition) is 1. The van der Waals surface area contributed by atoms with E-state index in [0.717, 1.165) is 0 Å². The van der Waals surface area contributed by atoms with Gasteiger partial charge in [-0.25, -0.2) is 0 Å². The zero-order valence-corrected chi connectivity index (χ0v) is 1.62. The summed E-state index contributed by atoms with van der Waals surface area (Å²) in [6, 6.07) is 0. The summed E-state index contributed by atoms with van der Waals surface area (Å²) in [5, 5.41) is 0. The molecule has 0 saturated heterocycles. The Bertz CT molecular complexity index is 6.00. The molecule has 0 rings (SSSR count). The van der Waals surface area contributed by atoms with Gasteiger partial charge in [-0.15, -0.1) is 0 Å². The molecular weight excluding hydrogens is 181 g/mol. The zero-order valence-electron chi connectivity index (χ0n) is 1.62. The summed E-state index contributed by atoms with van der Waals surface area (Å²) in [5.41, 5.74) is 0. The van der Waals surface area contributed by atoms with Gasteiger partial charge in [0.05, 0.1) is 0 Å². The Hall–Kier alpha value is 1.20. The fraction of sp³-hybridized carbons (Fsp3) is 0. The molecule has 2 N–H and O–H groups in total. The molecule has 0 aliphatic rings. The molecule has 4 heavy (non-hydrogen) atoms. The van der Waals surface area contributed by atoms with Gasteiger partial charge in [-0.3, -0.25) is 0 Å². The van der Waals surface area contributed by atoms with Crippen molar-refractivity contribution >= 4 is 55.7 Å². The SMILES string of the molecule is C=O.O.[BaH2]. The van der Waals surface area contributed by atoms with Crippen molar-refractivity contribution in [2.45, 2.75) is 0 Å². The molecule has 0 fully saturated rings. The van der Waals surface area contributed by atoms with Crippen LogP contribution in [0.4, 0.5) is 0 Å². The number of carbonyl (C=O) groups is 1. The van der Waals surface area contributed by atoms with Crippen molar-refractivity contribution < 1.29 is 10.3 Å². The van der Waals surface area contributed by atoms with E-state index >= 15 is 0 Å². The first kappa shape index (κ1) is 18.9. The standard InChI is InChI=1S/CH2O.Ba.H2O.2H/c1-2;;;;/h1H2;;1H2;;. The van der Waals surface area contributed by atoms with Crippen LogP contribution in [-0.4, -0.2) is 61.1 Å². The van der Waals surface area contributed by atoms with Gasteiger partial charge in [0.15, 0.2) is 0 Å². The Morgan fingerprint density at radius 3 is 1.25 bits per heavy atom.